The molecule has 0 radical (unpaired) electrons. The van der Waals surface area contributed by atoms with Gasteiger partial charge < -0.3 is 10.5 Å². The van der Waals surface area contributed by atoms with E-state index in [0.717, 1.165) is 40.7 Å². The molecule has 0 saturated heterocycles. The standard InChI is InChI=1S/C14H17IN4O2/c1-21-14(20)9-4-2-8(3-5-9)13-18-11(15)10-12(16)17-6-7-19(10)13/h6-9H,2-5H2,1H3,(H2,16,17). The second-order valence-corrected chi connectivity index (χ2v) is 6.39. The van der Waals surface area contributed by atoms with E-state index in [-0.39, 0.29) is 11.9 Å². The van der Waals surface area contributed by atoms with Crippen LogP contribution in [-0.2, 0) is 9.53 Å². The molecule has 1 saturated carbocycles. The molecule has 6 nitrogen and oxygen atoms in total. The maximum Gasteiger partial charge on any atom is 0.308 e. The maximum atomic E-state index is 11.6. The number of nitrogen functional groups attached to an aromatic ring is 1. The summed E-state index contributed by atoms with van der Waals surface area (Å²) in [5, 5.41) is 0. The Kier molecular flexibility index (Phi) is 4.01. The fraction of sp³-hybridized carbons (Fsp3) is 0.500. The number of nitrogens with zero attached hydrogens (tertiary/aromatic N) is 3. The Labute approximate surface area is 136 Å². The molecule has 112 valence electrons. The Morgan fingerprint density at radius 1 is 1.43 bits per heavy atom. The Morgan fingerprint density at radius 3 is 2.81 bits per heavy atom. The zero-order valence-electron chi connectivity index (χ0n) is 11.8. The van der Waals surface area contributed by atoms with Crippen LogP contribution in [0, 0.1) is 9.62 Å². The zero-order chi connectivity index (χ0) is 15.0. The molecule has 0 spiro atoms. The molecule has 1 aliphatic rings. The normalized spacial score (nSPS) is 22.4. The summed E-state index contributed by atoms with van der Waals surface area (Å²) >= 11 is 2.20. The number of halogens is 1. The first-order valence-corrected chi connectivity index (χ1v) is 8.05. The van der Waals surface area contributed by atoms with Crippen LogP contribution in [0.3, 0.4) is 0 Å². The second kappa shape index (κ2) is 5.78. The van der Waals surface area contributed by atoms with Gasteiger partial charge in [-0.05, 0) is 48.3 Å². The van der Waals surface area contributed by atoms with Crippen LogP contribution in [-0.4, -0.2) is 27.4 Å². The van der Waals surface area contributed by atoms with Crippen molar-refractivity contribution < 1.29 is 9.53 Å². The van der Waals surface area contributed by atoms with Gasteiger partial charge in [-0.2, -0.15) is 0 Å². The first kappa shape index (κ1) is 14.6. The highest BCUT2D eigenvalue weighted by Crippen LogP contribution is 2.37. The van der Waals surface area contributed by atoms with Crippen LogP contribution >= 0.6 is 22.6 Å². The van der Waals surface area contributed by atoms with Crippen LogP contribution < -0.4 is 5.73 Å². The van der Waals surface area contributed by atoms with E-state index in [1.807, 2.05) is 10.6 Å². The van der Waals surface area contributed by atoms with Gasteiger partial charge in [-0.1, -0.05) is 0 Å². The average Bonchev–Trinajstić information content (AvgIpc) is 2.85. The van der Waals surface area contributed by atoms with Gasteiger partial charge in [0.25, 0.3) is 0 Å². The lowest BCUT2D eigenvalue weighted by Crippen LogP contribution is -2.23. The molecule has 7 heteroatoms. The lowest BCUT2D eigenvalue weighted by molar-refractivity contribution is -0.146. The molecule has 2 aromatic rings. The van der Waals surface area contributed by atoms with Crippen LogP contribution in [0.2, 0.25) is 0 Å². The molecule has 0 atom stereocenters. The summed E-state index contributed by atoms with van der Waals surface area (Å²) in [5.41, 5.74) is 6.82. The van der Waals surface area contributed by atoms with Gasteiger partial charge in [-0.15, -0.1) is 0 Å². The number of aromatic nitrogens is 3. The average molecular weight is 400 g/mol. The maximum absolute atomic E-state index is 11.6. The number of hydrogen-bond acceptors (Lipinski definition) is 5. The number of esters is 1. The van der Waals surface area contributed by atoms with Gasteiger partial charge in [-0.3, -0.25) is 9.20 Å². The number of carbonyl (C=O) groups is 1. The van der Waals surface area contributed by atoms with Crippen LogP contribution in [0.25, 0.3) is 5.52 Å². The molecule has 0 amide bonds. The van der Waals surface area contributed by atoms with Gasteiger partial charge in [0.05, 0.1) is 13.0 Å². The number of rotatable bonds is 2. The minimum atomic E-state index is -0.0931. The lowest BCUT2D eigenvalue weighted by Gasteiger charge is -2.26. The molecule has 0 unspecified atom stereocenters. The molecule has 0 bridgehead atoms. The van der Waals surface area contributed by atoms with Crippen molar-refractivity contribution >= 4 is 39.9 Å². The third kappa shape index (κ3) is 2.58. The molecule has 3 rings (SSSR count). The first-order chi connectivity index (χ1) is 10.1. The number of carbonyl (C=O) groups excluding carboxylic acids is 1. The van der Waals surface area contributed by atoms with Crippen molar-refractivity contribution in [3.63, 3.8) is 0 Å². The fourth-order valence-electron chi connectivity index (χ4n) is 3.08. The molecule has 0 aromatic carbocycles. The van der Waals surface area contributed by atoms with Crippen LogP contribution in [0.4, 0.5) is 5.82 Å². The van der Waals surface area contributed by atoms with Crippen molar-refractivity contribution in [3.8, 4) is 0 Å². The molecule has 1 fully saturated rings. The summed E-state index contributed by atoms with van der Waals surface area (Å²) in [4.78, 5) is 20.4. The van der Waals surface area contributed by atoms with Crippen molar-refractivity contribution in [2.24, 2.45) is 5.92 Å². The second-order valence-electron chi connectivity index (χ2n) is 5.36. The van der Waals surface area contributed by atoms with Gasteiger partial charge in [0, 0.05) is 18.3 Å². The molecule has 2 N–H and O–H groups in total. The number of fused-ring (bicyclic) bond motifs is 1. The van der Waals surface area contributed by atoms with Crippen LogP contribution in [0.1, 0.15) is 37.4 Å². The number of anilines is 1. The molecule has 2 aromatic heterocycles. The number of imidazole rings is 1. The van der Waals surface area contributed by atoms with E-state index in [0.29, 0.717) is 11.7 Å². The minimum Gasteiger partial charge on any atom is -0.469 e. The predicted molar refractivity (Wildman–Crippen MR) is 86.8 cm³/mol. The van der Waals surface area contributed by atoms with Crippen LogP contribution in [0.15, 0.2) is 12.4 Å². The van der Waals surface area contributed by atoms with Gasteiger partial charge in [-0.25, -0.2) is 9.97 Å². The van der Waals surface area contributed by atoms with Crippen LogP contribution in [0.5, 0.6) is 0 Å². The topological polar surface area (TPSA) is 82.5 Å². The predicted octanol–water partition coefficient (Wildman–Crippen LogP) is 2.36. The van der Waals surface area contributed by atoms with Gasteiger partial charge in [0.15, 0.2) is 5.82 Å². The summed E-state index contributed by atoms with van der Waals surface area (Å²) in [7, 11) is 1.45. The lowest BCUT2D eigenvalue weighted by atomic mass is 9.81. The molecular weight excluding hydrogens is 383 g/mol. The molecule has 0 aliphatic heterocycles. The molecular formula is C14H17IN4O2. The van der Waals surface area contributed by atoms with Crippen molar-refractivity contribution in [1.82, 2.24) is 14.4 Å². The van der Waals surface area contributed by atoms with E-state index in [1.54, 1.807) is 6.20 Å². The summed E-state index contributed by atoms with van der Waals surface area (Å²) in [6.45, 7) is 0. The Bertz CT molecular complexity index is 677. The quantitative estimate of drug-likeness (QED) is 0.618. The van der Waals surface area contributed by atoms with Crippen molar-refractivity contribution in [2.75, 3.05) is 12.8 Å². The van der Waals surface area contributed by atoms with Crippen molar-refractivity contribution in [1.29, 1.82) is 0 Å². The fourth-order valence-corrected chi connectivity index (χ4v) is 3.87. The Morgan fingerprint density at radius 2 is 2.14 bits per heavy atom. The highest BCUT2D eigenvalue weighted by molar-refractivity contribution is 14.1. The Hall–Kier alpha value is -1.38. The highest BCUT2D eigenvalue weighted by Gasteiger charge is 2.30. The van der Waals surface area contributed by atoms with E-state index in [4.69, 9.17) is 10.5 Å². The minimum absolute atomic E-state index is 0.0308. The first-order valence-electron chi connectivity index (χ1n) is 6.97. The number of nitrogens with two attached hydrogens (primary N) is 1. The number of hydrogen-bond donors (Lipinski definition) is 1. The van der Waals surface area contributed by atoms with Gasteiger partial charge in [0.2, 0.25) is 0 Å². The molecule has 1 aliphatic carbocycles. The summed E-state index contributed by atoms with van der Waals surface area (Å²) in [6, 6.07) is 0. The summed E-state index contributed by atoms with van der Waals surface area (Å²) < 4.78 is 7.75. The van der Waals surface area contributed by atoms with Gasteiger partial charge in [0.1, 0.15) is 15.0 Å². The summed E-state index contributed by atoms with van der Waals surface area (Å²) in [5.74, 6) is 1.81. The monoisotopic (exact) mass is 400 g/mol. The van der Waals surface area contributed by atoms with E-state index in [1.165, 1.54) is 7.11 Å². The van der Waals surface area contributed by atoms with Crippen molar-refractivity contribution in [3.05, 3.63) is 21.9 Å². The number of methoxy groups -OCH3 is 1. The van der Waals surface area contributed by atoms with E-state index in [2.05, 4.69) is 32.6 Å². The largest absolute Gasteiger partial charge is 0.469 e. The third-order valence-corrected chi connectivity index (χ3v) is 4.95. The molecule has 21 heavy (non-hydrogen) atoms. The zero-order valence-corrected chi connectivity index (χ0v) is 13.9. The third-order valence-electron chi connectivity index (χ3n) is 4.19. The SMILES string of the molecule is COC(=O)C1CCC(c2nc(I)c3c(N)nccn23)CC1. The van der Waals surface area contributed by atoms with Gasteiger partial charge >= 0.3 is 5.97 Å². The smallest absolute Gasteiger partial charge is 0.308 e. The highest BCUT2D eigenvalue weighted by atomic mass is 127. The van der Waals surface area contributed by atoms with E-state index < -0.39 is 0 Å². The number of ether oxygens (including phenoxy) is 1. The summed E-state index contributed by atoms with van der Waals surface area (Å²) in [6.07, 6.45) is 7.19. The van der Waals surface area contributed by atoms with E-state index >= 15 is 0 Å². The van der Waals surface area contributed by atoms with Crippen molar-refractivity contribution in [2.45, 2.75) is 31.6 Å². The van der Waals surface area contributed by atoms with E-state index in [9.17, 15) is 4.79 Å². The Balaban J connectivity index is 1.86. The molecule has 2 heterocycles.